The molecule has 5 nitrogen and oxygen atoms in total. The molecular formula is C13H13N4O+. The van der Waals surface area contributed by atoms with Crippen molar-refractivity contribution in [1.29, 1.82) is 0 Å². The van der Waals surface area contributed by atoms with Crippen LogP contribution in [0.3, 0.4) is 0 Å². The van der Waals surface area contributed by atoms with E-state index in [1.54, 1.807) is 36.7 Å². The molecule has 0 atom stereocenters. The maximum atomic E-state index is 9.12. The van der Waals surface area contributed by atoms with Gasteiger partial charge in [-0.3, -0.25) is 0 Å². The predicted molar refractivity (Wildman–Crippen MR) is 69.4 cm³/mol. The maximum Gasteiger partial charge on any atom is 0.247 e. The van der Waals surface area contributed by atoms with Gasteiger partial charge in [0.25, 0.3) is 0 Å². The lowest BCUT2D eigenvalue weighted by Gasteiger charge is -1.92. The number of rotatable bonds is 3. The highest BCUT2D eigenvalue weighted by molar-refractivity contribution is 5.94. The van der Waals surface area contributed by atoms with Crippen LogP contribution in [0.4, 0.5) is 0 Å². The highest BCUT2D eigenvalue weighted by atomic mass is 16.3. The van der Waals surface area contributed by atoms with Gasteiger partial charge in [0.05, 0.1) is 6.21 Å². The van der Waals surface area contributed by atoms with Crippen molar-refractivity contribution in [3.05, 3.63) is 59.9 Å². The van der Waals surface area contributed by atoms with Gasteiger partial charge < -0.3 is 10.8 Å². The lowest BCUT2D eigenvalue weighted by molar-refractivity contribution is -0.380. The Morgan fingerprint density at radius 1 is 1.17 bits per heavy atom. The molecule has 5 heteroatoms. The molecule has 1 heterocycles. The Morgan fingerprint density at radius 3 is 2.61 bits per heavy atom. The van der Waals surface area contributed by atoms with Crippen LogP contribution in [0.1, 0.15) is 11.3 Å². The second-order valence-corrected chi connectivity index (χ2v) is 3.60. The molecule has 0 aliphatic carbocycles. The third-order valence-corrected chi connectivity index (χ3v) is 2.25. The highest BCUT2D eigenvalue weighted by Gasteiger charge is 2.03. The Bertz CT molecular complexity index is 561. The number of phenols is 1. The third kappa shape index (κ3) is 3.15. The van der Waals surface area contributed by atoms with Crippen molar-refractivity contribution in [2.24, 2.45) is 15.9 Å². The standard InChI is InChI=1S/C13H12N4O/c14-13(12-3-1-2-8-15-12)17-16-9-10-4-6-11(18)7-5-10/h1-9,18H,(H2,14,17)/p+1/b16-9+. The van der Waals surface area contributed by atoms with Crippen molar-refractivity contribution in [2.45, 2.75) is 0 Å². The van der Waals surface area contributed by atoms with Crippen LogP contribution in [0, 0.1) is 0 Å². The molecule has 0 aliphatic rings. The van der Waals surface area contributed by atoms with E-state index in [4.69, 9.17) is 10.8 Å². The molecule has 0 amide bonds. The first-order chi connectivity index (χ1) is 8.75. The molecule has 2 aromatic rings. The molecule has 0 spiro atoms. The second kappa shape index (κ2) is 5.58. The molecule has 0 aliphatic heterocycles. The van der Waals surface area contributed by atoms with Gasteiger partial charge in [-0.15, -0.1) is 5.10 Å². The van der Waals surface area contributed by atoms with Gasteiger partial charge >= 0.3 is 0 Å². The number of pyridine rings is 1. The van der Waals surface area contributed by atoms with Crippen LogP contribution in [-0.4, -0.2) is 17.2 Å². The molecule has 18 heavy (non-hydrogen) atoms. The maximum absolute atomic E-state index is 9.12. The number of aromatic amines is 1. The van der Waals surface area contributed by atoms with E-state index in [0.717, 1.165) is 5.56 Å². The molecule has 1 aromatic carbocycles. The zero-order valence-corrected chi connectivity index (χ0v) is 9.62. The molecule has 0 saturated carbocycles. The van der Waals surface area contributed by atoms with E-state index < -0.39 is 0 Å². The Labute approximate surface area is 104 Å². The zero-order valence-electron chi connectivity index (χ0n) is 9.62. The number of hydrogen-bond donors (Lipinski definition) is 2. The van der Waals surface area contributed by atoms with Gasteiger partial charge in [0.2, 0.25) is 11.5 Å². The number of benzene rings is 1. The minimum Gasteiger partial charge on any atom is -0.508 e. The zero-order chi connectivity index (χ0) is 12.8. The summed E-state index contributed by atoms with van der Waals surface area (Å²) in [6.07, 6.45) is 3.33. The summed E-state index contributed by atoms with van der Waals surface area (Å²) in [5.41, 5.74) is 7.29. The second-order valence-electron chi connectivity index (χ2n) is 3.60. The van der Waals surface area contributed by atoms with Crippen LogP contribution >= 0.6 is 0 Å². The molecule has 0 fully saturated rings. The molecule has 0 saturated heterocycles. The number of nitrogens with zero attached hydrogens (tertiary/aromatic N) is 2. The Balaban J connectivity index is 2.08. The fourth-order valence-corrected chi connectivity index (χ4v) is 1.32. The summed E-state index contributed by atoms with van der Waals surface area (Å²) in [5, 5.41) is 16.9. The summed E-state index contributed by atoms with van der Waals surface area (Å²) in [5.74, 6) is 0.527. The van der Waals surface area contributed by atoms with Crippen LogP contribution in [0.5, 0.6) is 5.75 Å². The Morgan fingerprint density at radius 2 is 1.94 bits per heavy atom. The predicted octanol–water partition coefficient (Wildman–Crippen LogP) is 0.946. The van der Waals surface area contributed by atoms with Crippen LogP contribution in [0.15, 0.2) is 58.9 Å². The van der Waals surface area contributed by atoms with Gasteiger partial charge in [0, 0.05) is 12.1 Å². The Hall–Kier alpha value is -2.69. The van der Waals surface area contributed by atoms with Crippen molar-refractivity contribution in [3.8, 4) is 5.75 Å². The normalized spacial score (nSPS) is 11.9. The lowest BCUT2D eigenvalue weighted by atomic mass is 10.2. The van der Waals surface area contributed by atoms with Crippen molar-refractivity contribution < 1.29 is 10.1 Å². The number of nitrogens with one attached hydrogen (secondary N) is 1. The first-order valence-corrected chi connectivity index (χ1v) is 5.38. The quantitative estimate of drug-likeness (QED) is 0.476. The Kier molecular flexibility index (Phi) is 3.66. The van der Waals surface area contributed by atoms with Gasteiger partial charge in [0.15, 0.2) is 6.20 Å². The summed E-state index contributed by atoms with van der Waals surface area (Å²) in [6, 6.07) is 12.2. The SMILES string of the molecule is NC(=N/N=C/c1ccc(O)cc1)c1cccc[nH+]1. The monoisotopic (exact) mass is 241 g/mol. The third-order valence-electron chi connectivity index (χ3n) is 2.25. The summed E-state index contributed by atoms with van der Waals surface area (Å²) >= 11 is 0. The van der Waals surface area contributed by atoms with E-state index in [1.165, 1.54) is 0 Å². The smallest absolute Gasteiger partial charge is 0.247 e. The van der Waals surface area contributed by atoms with E-state index in [1.807, 2.05) is 18.2 Å². The van der Waals surface area contributed by atoms with E-state index >= 15 is 0 Å². The van der Waals surface area contributed by atoms with Gasteiger partial charge in [-0.25, -0.2) is 4.98 Å². The van der Waals surface area contributed by atoms with E-state index in [-0.39, 0.29) is 5.75 Å². The van der Waals surface area contributed by atoms with Crippen LogP contribution in [0.25, 0.3) is 0 Å². The molecule has 0 radical (unpaired) electrons. The first kappa shape index (κ1) is 11.8. The number of hydrogen-bond acceptors (Lipinski definition) is 3. The molecule has 4 N–H and O–H groups in total. The van der Waals surface area contributed by atoms with Crippen LogP contribution < -0.4 is 10.7 Å². The fraction of sp³-hybridized carbons (Fsp3) is 0. The average Bonchev–Trinajstić information content (AvgIpc) is 2.42. The summed E-state index contributed by atoms with van der Waals surface area (Å²) in [7, 11) is 0. The molecule has 0 unspecified atom stereocenters. The molecule has 0 bridgehead atoms. The summed E-state index contributed by atoms with van der Waals surface area (Å²) in [4.78, 5) is 2.96. The largest absolute Gasteiger partial charge is 0.508 e. The summed E-state index contributed by atoms with van der Waals surface area (Å²) < 4.78 is 0. The van der Waals surface area contributed by atoms with Gasteiger partial charge in [-0.2, -0.15) is 5.10 Å². The minimum absolute atomic E-state index is 0.217. The van der Waals surface area contributed by atoms with Crippen LogP contribution in [0.2, 0.25) is 0 Å². The van der Waals surface area contributed by atoms with Crippen molar-refractivity contribution in [2.75, 3.05) is 0 Å². The molecule has 1 aromatic heterocycles. The van der Waals surface area contributed by atoms with Gasteiger partial charge in [0.1, 0.15) is 5.75 Å². The molecule has 2 rings (SSSR count). The van der Waals surface area contributed by atoms with Gasteiger partial charge in [-0.1, -0.05) is 0 Å². The van der Waals surface area contributed by atoms with E-state index in [2.05, 4.69) is 15.2 Å². The lowest BCUT2D eigenvalue weighted by Crippen LogP contribution is -2.23. The number of aromatic hydroxyl groups is 1. The number of aromatic nitrogens is 1. The van der Waals surface area contributed by atoms with E-state index in [0.29, 0.717) is 11.5 Å². The highest BCUT2D eigenvalue weighted by Crippen LogP contribution is 2.07. The number of H-pyrrole nitrogens is 1. The first-order valence-electron chi connectivity index (χ1n) is 5.38. The van der Waals surface area contributed by atoms with Crippen molar-refractivity contribution in [3.63, 3.8) is 0 Å². The molecule has 90 valence electrons. The average molecular weight is 241 g/mol. The van der Waals surface area contributed by atoms with Gasteiger partial charge in [-0.05, 0) is 35.9 Å². The topological polar surface area (TPSA) is 85.1 Å². The summed E-state index contributed by atoms with van der Waals surface area (Å²) in [6.45, 7) is 0. The van der Waals surface area contributed by atoms with Crippen molar-refractivity contribution >= 4 is 12.1 Å². The number of phenolic OH excluding ortho intramolecular Hbond substituents is 1. The molecular weight excluding hydrogens is 228 g/mol. The number of nitrogens with two attached hydrogens (primary N) is 1. The number of amidine groups is 1. The van der Waals surface area contributed by atoms with Crippen LogP contribution in [-0.2, 0) is 0 Å². The fourth-order valence-electron chi connectivity index (χ4n) is 1.32. The van der Waals surface area contributed by atoms with E-state index in [9.17, 15) is 0 Å². The minimum atomic E-state index is 0.217. The van der Waals surface area contributed by atoms with Crippen molar-refractivity contribution in [1.82, 2.24) is 0 Å².